The van der Waals surface area contributed by atoms with E-state index in [0.29, 0.717) is 37.6 Å². The van der Waals surface area contributed by atoms with Gasteiger partial charge in [-0.05, 0) is 43.2 Å². The predicted molar refractivity (Wildman–Crippen MR) is 96.6 cm³/mol. The number of rotatable bonds is 2. The van der Waals surface area contributed by atoms with Crippen LogP contribution >= 0.6 is 0 Å². The van der Waals surface area contributed by atoms with Crippen LogP contribution in [0.3, 0.4) is 0 Å². The number of nitrogens with one attached hydrogen (secondary N) is 1. The van der Waals surface area contributed by atoms with Crippen LogP contribution < -0.4 is 9.88 Å². The molecule has 4 nitrogen and oxygen atoms in total. The molecule has 2 aromatic rings. The van der Waals surface area contributed by atoms with Gasteiger partial charge in [0.15, 0.2) is 0 Å². The largest absolute Gasteiger partial charge is 0.419 e. The van der Waals surface area contributed by atoms with E-state index in [9.17, 15) is 18.0 Å². The van der Waals surface area contributed by atoms with E-state index < -0.39 is 11.7 Å². The number of nitrogens with zero attached hydrogens (tertiary/aromatic N) is 2. The van der Waals surface area contributed by atoms with Crippen LogP contribution in [-0.2, 0) is 6.18 Å². The number of hydrogen-bond donors (Lipinski definition) is 0. The fourth-order valence-corrected chi connectivity index (χ4v) is 3.21. The molecular weight excluding hydrogens is 355 g/mol. The summed E-state index contributed by atoms with van der Waals surface area (Å²) < 4.78 is 38.1. The van der Waals surface area contributed by atoms with Crippen LogP contribution in [0.25, 0.3) is 0 Å². The monoisotopic (exact) mass is 378 g/mol. The van der Waals surface area contributed by atoms with Gasteiger partial charge in [-0.1, -0.05) is 6.07 Å². The number of alkyl halides is 3. The molecule has 1 aromatic heterocycles. The Balaban J connectivity index is 1.68. The van der Waals surface area contributed by atoms with Gasteiger partial charge in [-0.15, -0.1) is 0 Å². The molecule has 1 aliphatic rings. The first-order valence-electron chi connectivity index (χ1n) is 8.96. The standard InChI is InChI=1S/C20H22F3N3O/c1-14-4-5-16(12-15(14)2)19(27)26-9-3-8-25(10-11-26)18-7-6-17(13-24-18)20(21,22)23/h4-7,12-13H,3,8-11H2,1-2H3/p+1. The molecule has 1 amide bonds. The van der Waals surface area contributed by atoms with Crippen molar-refractivity contribution in [1.29, 1.82) is 0 Å². The molecule has 1 saturated heterocycles. The molecule has 2 heterocycles. The number of anilines is 1. The number of aromatic nitrogens is 1. The maximum Gasteiger partial charge on any atom is 0.419 e. The van der Waals surface area contributed by atoms with Gasteiger partial charge in [0, 0.05) is 24.6 Å². The minimum absolute atomic E-state index is 0.00338. The molecule has 3 rings (SSSR count). The number of halogens is 3. The second kappa shape index (κ2) is 7.58. The van der Waals surface area contributed by atoms with E-state index in [-0.39, 0.29) is 5.91 Å². The Hall–Kier alpha value is -2.57. The second-order valence-electron chi connectivity index (χ2n) is 6.89. The molecule has 0 bridgehead atoms. The topological polar surface area (TPSA) is 37.7 Å². The van der Waals surface area contributed by atoms with Gasteiger partial charge >= 0.3 is 6.18 Å². The van der Waals surface area contributed by atoms with Crippen molar-refractivity contribution in [2.75, 3.05) is 31.1 Å². The molecule has 1 aliphatic heterocycles. The number of hydrogen-bond acceptors (Lipinski definition) is 2. The average molecular weight is 378 g/mol. The van der Waals surface area contributed by atoms with Gasteiger partial charge in [0.05, 0.1) is 18.7 Å². The molecule has 0 aliphatic carbocycles. The highest BCUT2D eigenvalue weighted by Gasteiger charge is 2.32. The predicted octanol–water partition coefficient (Wildman–Crippen LogP) is 3.49. The summed E-state index contributed by atoms with van der Waals surface area (Å²) in [5, 5.41) is 0. The van der Waals surface area contributed by atoms with Crippen LogP contribution in [0.2, 0.25) is 0 Å². The SMILES string of the molecule is Cc1ccc(C(=O)N2CCCN(c3ccc(C(F)(F)F)c[nH+]3)CC2)cc1C. The van der Waals surface area contributed by atoms with E-state index in [2.05, 4.69) is 4.98 Å². The molecule has 0 saturated carbocycles. The van der Waals surface area contributed by atoms with Gasteiger partial charge in [0.25, 0.3) is 11.7 Å². The van der Waals surface area contributed by atoms with Crippen LogP contribution in [-0.4, -0.2) is 37.0 Å². The molecule has 1 aromatic carbocycles. The lowest BCUT2D eigenvalue weighted by Crippen LogP contribution is -2.36. The molecule has 0 spiro atoms. The lowest BCUT2D eigenvalue weighted by molar-refractivity contribution is -0.367. The highest BCUT2D eigenvalue weighted by Crippen LogP contribution is 2.28. The number of carbonyl (C=O) groups is 1. The van der Waals surface area contributed by atoms with Crippen LogP contribution in [0.15, 0.2) is 36.5 Å². The third-order valence-corrected chi connectivity index (χ3v) is 5.00. The van der Waals surface area contributed by atoms with Gasteiger partial charge in [-0.3, -0.25) is 9.69 Å². The first-order valence-corrected chi connectivity index (χ1v) is 8.96. The fraction of sp³-hybridized carbons (Fsp3) is 0.400. The van der Waals surface area contributed by atoms with E-state index in [1.807, 2.05) is 41.8 Å². The summed E-state index contributed by atoms with van der Waals surface area (Å²) in [6, 6.07) is 8.23. The van der Waals surface area contributed by atoms with Crippen molar-refractivity contribution in [3.63, 3.8) is 0 Å². The molecule has 27 heavy (non-hydrogen) atoms. The Morgan fingerprint density at radius 2 is 1.78 bits per heavy atom. The van der Waals surface area contributed by atoms with E-state index in [0.717, 1.165) is 29.8 Å². The lowest BCUT2D eigenvalue weighted by Gasteiger charge is -2.20. The fourth-order valence-electron chi connectivity index (χ4n) is 3.21. The number of aromatic amines is 1. The number of pyridine rings is 1. The van der Waals surface area contributed by atoms with Crippen molar-refractivity contribution in [2.24, 2.45) is 0 Å². The smallest absolute Gasteiger partial charge is 0.335 e. The van der Waals surface area contributed by atoms with Crippen molar-refractivity contribution < 1.29 is 22.9 Å². The van der Waals surface area contributed by atoms with E-state index >= 15 is 0 Å². The summed E-state index contributed by atoms with van der Waals surface area (Å²) in [7, 11) is 0. The van der Waals surface area contributed by atoms with Crippen LogP contribution in [0.5, 0.6) is 0 Å². The average Bonchev–Trinajstić information content (AvgIpc) is 2.89. The molecular formula is C20H23F3N3O+. The van der Waals surface area contributed by atoms with Crippen molar-refractivity contribution >= 4 is 11.7 Å². The first kappa shape index (κ1) is 19.2. The van der Waals surface area contributed by atoms with Crippen molar-refractivity contribution in [1.82, 2.24) is 4.90 Å². The zero-order valence-corrected chi connectivity index (χ0v) is 15.4. The number of aryl methyl sites for hydroxylation is 2. The molecule has 1 fully saturated rings. The van der Waals surface area contributed by atoms with Gasteiger partial charge in [-0.2, -0.15) is 13.2 Å². The Morgan fingerprint density at radius 1 is 1.00 bits per heavy atom. The van der Waals surface area contributed by atoms with Crippen molar-refractivity contribution in [3.05, 3.63) is 58.8 Å². The number of carbonyl (C=O) groups excluding carboxylic acids is 1. The third-order valence-electron chi connectivity index (χ3n) is 5.00. The van der Waals surface area contributed by atoms with Crippen LogP contribution in [0.1, 0.15) is 33.5 Å². The normalized spacial score (nSPS) is 15.6. The van der Waals surface area contributed by atoms with E-state index in [1.54, 1.807) is 0 Å². The second-order valence-corrected chi connectivity index (χ2v) is 6.89. The lowest BCUT2D eigenvalue weighted by atomic mass is 10.1. The molecule has 1 N–H and O–H groups in total. The van der Waals surface area contributed by atoms with E-state index in [1.165, 1.54) is 6.07 Å². The van der Waals surface area contributed by atoms with Gasteiger partial charge in [0.2, 0.25) is 0 Å². The summed E-state index contributed by atoms with van der Waals surface area (Å²) in [4.78, 5) is 19.3. The molecule has 7 heteroatoms. The zero-order valence-electron chi connectivity index (χ0n) is 15.4. The Kier molecular flexibility index (Phi) is 5.39. The third kappa shape index (κ3) is 4.40. The molecule has 144 valence electrons. The highest BCUT2D eigenvalue weighted by molar-refractivity contribution is 5.94. The summed E-state index contributed by atoms with van der Waals surface area (Å²) in [6.07, 6.45) is -2.62. The number of benzene rings is 1. The van der Waals surface area contributed by atoms with Crippen molar-refractivity contribution in [2.45, 2.75) is 26.4 Å². The van der Waals surface area contributed by atoms with Crippen LogP contribution in [0, 0.1) is 13.8 Å². The summed E-state index contributed by atoms with van der Waals surface area (Å²) >= 11 is 0. The molecule has 0 unspecified atom stereocenters. The van der Waals surface area contributed by atoms with Gasteiger partial charge < -0.3 is 4.90 Å². The number of amides is 1. The van der Waals surface area contributed by atoms with Gasteiger partial charge in [0.1, 0.15) is 12.7 Å². The minimum Gasteiger partial charge on any atom is -0.335 e. The molecule has 0 atom stereocenters. The maximum atomic E-state index is 12.8. The number of H-pyrrole nitrogens is 1. The summed E-state index contributed by atoms with van der Waals surface area (Å²) in [5.74, 6) is 0.625. The van der Waals surface area contributed by atoms with Crippen molar-refractivity contribution in [3.8, 4) is 0 Å². The minimum atomic E-state index is -4.36. The van der Waals surface area contributed by atoms with Crippen LogP contribution in [0.4, 0.5) is 19.0 Å². The highest BCUT2D eigenvalue weighted by atomic mass is 19.4. The quantitative estimate of drug-likeness (QED) is 0.802. The van der Waals surface area contributed by atoms with Gasteiger partial charge in [-0.25, -0.2) is 4.98 Å². The summed E-state index contributed by atoms with van der Waals surface area (Å²) in [5.41, 5.74) is 2.20. The Labute approximate surface area is 156 Å². The first-order chi connectivity index (χ1) is 12.8. The molecule has 0 radical (unpaired) electrons. The Bertz CT molecular complexity index is 818. The zero-order chi connectivity index (χ0) is 19.6. The Morgan fingerprint density at radius 3 is 2.41 bits per heavy atom. The van der Waals surface area contributed by atoms with E-state index in [4.69, 9.17) is 0 Å². The maximum absolute atomic E-state index is 12.8. The summed E-state index contributed by atoms with van der Waals surface area (Å²) in [6.45, 7) is 6.39.